The summed E-state index contributed by atoms with van der Waals surface area (Å²) in [6.45, 7) is 0. The molecule has 100 valence electrons. The largest absolute Gasteiger partial charge is 0.497 e. The number of methoxy groups -OCH3 is 2. The van der Waals surface area contributed by atoms with Crippen molar-refractivity contribution in [1.82, 2.24) is 9.97 Å². The van der Waals surface area contributed by atoms with Gasteiger partial charge in [0.15, 0.2) is 5.69 Å². The average Bonchev–Trinajstić information content (AvgIpc) is 2.80. The number of nitrogens with zero attached hydrogens (tertiary/aromatic N) is 1. The molecule has 19 heavy (non-hydrogen) atoms. The van der Waals surface area contributed by atoms with Crippen molar-refractivity contribution in [2.24, 2.45) is 0 Å². The number of aromatic carboxylic acids is 1. The van der Waals surface area contributed by atoms with Gasteiger partial charge in [-0.15, -0.1) is 0 Å². The lowest BCUT2D eigenvalue weighted by Gasteiger charge is -2.08. The average molecular weight is 327 g/mol. The number of carboxylic acids is 1. The van der Waals surface area contributed by atoms with Crippen LogP contribution in [0.5, 0.6) is 11.5 Å². The topological polar surface area (TPSA) is 84.4 Å². The Labute approximate surface area is 117 Å². The van der Waals surface area contributed by atoms with Gasteiger partial charge in [-0.2, -0.15) is 0 Å². The maximum atomic E-state index is 11.0. The summed E-state index contributed by atoms with van der Waals surface area (Å²) in [7, 11) is 3.08. The molecule has 2 N–H and O–H groups in total. The number of benzene rings is 1. The fourth-order valence-electron chi connectivity index (χ4n) is 1.62. The van der Waals surface area contributed by atoms with Gasteiger partial charge in [0.1, 0.15) is 21.9 Å². The van der Waals surface area contributed by atoms with Crippen molar-refractivity contribution in [3.05, 3.63) is 28.5 Å². The standard InChI is InChI=1S/C12H11BrN2O4/c1-18-6-3-4-7(8(5-6)19-2)11-14-9(12(16)17)10(13)15-11/h3-5H,1-2H3,(H,14,15)(H,16,17). The van der Waals surface area contributed by atoms with Crippen molar-refractivity contribution < 1.29 is 19.4 Å². The number of nitrogens with one attached hydrogen (secondary N) is 1. The van der Waals surface area contributed by atoms with Crippen LogP contribution >= 0.6 is 15.9 Å². The molecular weight excluding hydrogens is 316 g/mol. The van der Waals surface area contributed by atoms with E-state index in [2.05, 4.69) is 25.9 Å². The number of H-pyrrole nitrogens is 1. The summed E-state index contributed by atoms with van der Waals surface area (Å²) >= 11 is 3.13. The lowest BCUT2D eigenvalue weighted by atomic mass is 10.2. The van der Waals surface area contributed by atoms with E-state index in [1.54, 1.807) is 25.3 Å². The Balaban J connectivity index is 2.52. The number of aromatic nitrogens is 2. The van der Waals surface area contributed by atoms with Gasteiger partial charge in [-0.05, 0) is 28.1 Å². The second-order valence-corrected chi connectivity index (χ2v) is 4.41. The first kappa shape index (κ1) is 13.4. The Morgan fingerprint density at radius 1 is 1.37 bits per heavy atom. The van der Waals surface area contributed by atoms with Gasteiger partial charge >= 0.3 is 5.97 Å². The van der Waals surface area contributed by atoms with E-state index in [0.29, 0.717) is 27.5 Å². The minimum Gasteiger partial charge on any atom is -0.497 e. The van der Waals surface area contributed by atoms with Gasteiger partial charge in [0.25, 0.3) is 0 Å². The van der Waals surface area contributed by atoms with Crippen LogP contribution in [0.25, 0.3) is 11.4 Å². The monoisotopic (exact) mass is 326 g/mol. The maximum absolute atomic E-state index is 11.0. The van der Waals surface area contributed by atoms with Gasteiger partial charge in [0, 0.05) is 6.07 Å². The van der Waals surface area contributed by atoms with Crippen LogP contribution in [-0.2, 0) is 0 Å². The zero-order valence-corrected chi connectivity index (χ0v) is 11.8. The second kappa shape index (κ2) is 5.31. The molecule has 2 rings (SSSR count). The lowest BCUT2D eigenvalue weighted by molar-refractivity contribution is 0.0690. The van der Waals surface area contributed by atoms with E-state index in [9.17, 15) is 4.79 Å². The van der Waals surface area contributed by atoms with Gasteiger partial charge in [0.2, 0.25) is 0 Å². The molecule has 6 nitrogen and oxygen atoms in total. The zero-order valence-electron chi connectivity index (χ0n) is 10.2. The van der Waals surface area contributed by atoms with E-state index >= 15 is 0 Å². The molecular formula is C12H11BrN2O4. The van der Waals surface area contributed by atoms with Gasteiger partial charge in [-0.1, -0.05) is 0 Å². The van der Waals surface area contributed by atoms with E-state index in [0.717, 1.165) is 0 Å². The number of aromatic amines is 1. The molecule has 1 heterocycles. The highest BCUT2D eigenvalue weighted by atomic mass is 79.9. The smallest absolute Gasteiger partial charge is 0.357 e. The minimum atomic E-state index is -1.11. The number of hydrogen-bond donors (Lipinski definition) is 2. The van der Waals surface area contributed by atoms with E-state index in [-0.39, 0.29) is 5.69 Å². The Morgan fingerprint density at radius 2 is 2.11 bits per heavy atom. The van der Waals surface area contributed by atoms with Gasteiger partial charge in [0.05, 0.1) is 19.8 Å². The first-order valence-corrected chi connectivity index (χ1v) is 6.07. The van der Waals surface area contributed by atoms with Crippen LogP contribution < -0.4 is 9.47 Å². The fourth-order valence-corrected chi connectivity index (χ4v) is 2.06. The SMILES string of the molecule is COc1ccc(-c2nc(C(=O)O)c(Br)[nH]2)c(OC)c1. The van der Waals surface area contributed by atoms with E-state index in [4.69, 9.17) is 14.6 Å². The van der Waals surface area contributed by atoms with Gasteiger partial charge in [-0.25, -0.2) is 9.78 Å². The van der Waals surface area contributed by atoms with Crippen molar-refractivity contribution in [3.63, 3.8) is 0 Å². The first-order chi connectivity index (χ1) is 9.06. The molecule has 0 aliphatic heterocycles. The second-order valence-electron chi connectivity index (χ2n) is 3.62. The third-order valence-electron chi connectivity index (χ3n) is 2.53. The Hall–Kier alpha value is -2.02. The van der Waals surface area contributed by atoms with Crippen LogP contribution in [0.2, 0.25) is 0 Å². The lowest BCUT2D eigenvalue weighted by Crippen LogP contribution is -1.97. The highest BCUT2D eigenvalue weighted by Gasteiger charge is 2.18. The number of carboxylic acid groups (broad SMARTS) is 1. The van der Waals surface area contributed by atoms with Crippen molar-refractivity contribution >= 4 is 21.9 Å². The Bertz CT molecular complexity index is 624. The third kappa shape index (κ3) is 2.55. The molecule has 1 aromatic heterocycles. The molecule has 0 fully saturated rings. The molecule has 0 bridgehead atoms. The molecule has 0 spiro atoms. The highest BCUT2D eigenvalue weighted by molar-refractivity contribution is 9.10. The summed E-state index contributed by atoms with van der Waals surface area (Å²) in [5.74, 6) is 0.479. The molecule has 0 saturated heterocycles. The summed E-state index contributed by atoms with van der Waals surface area (Å²) in [5.41, 5.74) is 0.573. The predicted octanol–water partition coefficient (Wildman–Crippen LogP) is 2.55. The van der Waals surface area contributed by atoms with Crippen molar-refractivity contribution in [2.45, 2.75) is 0 Å². The molecule has 7 heteroatoms. The number of rotatable bonds is 4. The summed E-state index contributed by atoms with van der Waals surface area (Å²) in [4.78, 5) is 17.8. The molecule has 1 aromatic carbocycles. The van der Waals surface area contributed by atoms with Crippen molar-refractivity contribution in [2.75, 3.05) is 14.2 Å². The number of hydrogen-bond acceptors (Lipinski definition) is 4. The Morgan fingerprint density at radius 3 is 2.63 bits per heavy atom. The number of ether oxygens (including phenoxy) is 2. The number of imidazole rings is 1. The number of carbonyl (C=O) groups is 1. The van der Waals surface area contributed by atoms with E-state index < -0.39 is 5.97 Å². The van der Waals surface area contributed by atoms with Crippen LogP contribution in [0.1, 0.15) is 10.5 Å². The van der Waals surface area contributed by atoms with Crippen LogP contribution in [0.4, 0.5) is 0 Å². The van der Waals surface area contributed by atoms with Crippen LogP contribution in [0.15, 0.2) is 22.8 Å². The molecule has 0 saturated carbocycles. The zero-order chi connectivity index (χ0) is 14.0. The van der Waals surface area contributed by atoms with Crippen LogP contribution in [0, 0.1) is 0 Å². The van der Waals surface area contributed by atoms with Crippen LogP contribution in [-0.4, -0.2) is 35.3 Å². The minimum absolute atomic E-state index is 0.0760. The van der Waals surface area contributed by atoms with E-state index in [1.165, 1.54) is 7.11 Å². The van der Waals surface area contributed by atoms with Crippen molar-refractivity contribution in [3.8, 4) is 22.9 Å². The van der Waals surface area contributed by atoms with Crippen LogP contribution in [0.3, 0.4) is 0 Å². The van der Waals surface area contributed by atoms with Gasteiger partial charge < -0.3 is 19.6 Å². The molecule has 0 atom stereocenters. The number of halogens is 1. The summed E-state index contributed by atoms with van der Waals surface area (Å²) in [6.07, 6.45) is 0. The van der Waals surface area contributed by atoms with Gasteiger partial charge in [-0.3, -0.25) is 0 Å². The normalized spacial score (nSPS) is 10.3. The molecule has 0 aliphatic rings. The predicted molar refractivity (Wildman–Crippen MR) is 71.8 cm³/mol. The maximum Gasteiger partial charge on any atom is 0.357 e. The Kier molecular flexibility index (Phi) is 3.75. The molecule has 0 unspecified atom stereocenters. The molecule has 0 radical (unpaired) electrons. The quantitative estimate of drug-likeness (QED) is 0.901. The summed E-state index contributed by atoms with van der Waals surface area (Å²) in [6, 6.07) is 5.19. The molecule has 2 aromatic rings. The highest BCUT2D eigenvalue weighted by Crippen LogP contribution is 2.32. The fraction of sp³-hybridized carbons (Fsp3) is 0.167. The van der Waals surface area contributed by atoms with E-state index in [1.807, 2.05) is 0 Å². The summed E-state index contributed by atoms with van der Waals surface area (Å²) < 4.78 is 10.7. The van der Waals surface area contributed by atoms with Crippen molar-refractivity contribution in [1.29, 1.82) is 0 Å². The first-order valence-electron chi connectivity index (χ1n) is 5.28. The molecule has 0 amide bonds. The molecule has 0 aliphatic carbocycles. The third-order valence-corrected chi connectivity index (χ3v) is 3.10. The summed E-state index contributed by atoms with van der Waals surface area (Å²) in [5, 5.41) is 8.97.